The molecule has 3 rings (SSSR count). The van der Waals surface area contributed by atoms with Gasteiger partial charge in [0, 0.05) is 16.8 Å². The van der Waals surface area contributed by atoms with E-state index in [0.29, 0.717) is 0 Å². The molecule has 2 aromatic carbocycles. The van der Waals surface area contributed by atoms with Crippen LogP contribution in [-0.4, -0.2) is 0 Å². The third kappa shape index (κ3) is 1.40. The molecule has 1 heteroatoms. The van der Waals surface area contributed by atoms with Crippen LogP contribution < -0.4 is 5.32 Å². The summed E-state index contributed by atoms with van der Waals surface area (Å²) in [7, 11) is 0. The number of anilines is 2. The third-order valence-electron chi connectivity index (χ3n) is 4.36. The zero-order valence-electron chi connectivity index (χ0n) is 11.0. The quantitative estimate of drug-likeness (QED) is 0.787. The van der Waals surface area contributed by atoms with Crippen LogP contribution in [0.15, 0.2) is 48.5 Å². The van der Waals surface area contributed by atoms with Crippen LogP contribution in [0.4, 0.5) is 11.4 Å². The summed E-state index contributed by atoms with van der Waals surface area (Å²) in [5.41, 5.74) is 5.57. The lowest BCUT2D eigenvalue weighted by Gasteiger charge is -2.40. The topological polar surface area (TPSA) is 12.0 Å². The monoisotopic (exact) mass is 237 g/mol. The average molecular weight is 237 g/mol. The van der Waals surface area contributed by atoms with Gasteiger partial charge in [0.15, 0.2) is 0 Å². The van der Waals surface area contributed by atoms with Crippen molar-refractivity contribution in [2.45, 2.75) is 32.1 Å². The molecule has 0 spiro atoms. The van der Waals surface area contributed by atoms with Crippen LogP contribution in [0.5, 0.6) is 0 Å². The van der Waals surface area contributed by atoms with Crippen molar-refractivity contribution in [1.82, 2.24) is 0 Å². The van der Waals surface area contributed by atoms with Crippen molar-refractivity contribution in [3.63, 3.8) is 0 Å². The minimum Gasteiger partial charge on any atom is -0.355 e. The highest BCUT2D eigenvalue weighted by Crippen LogP contribution is 2.49. The summed E-state index contributed by atoms with van der Waals surface area (Å²) in [6.45, 7) is 4.59. The van der Waals surface area contributed by atoms with E-state index in [1.165, 1.54) is 22.5 Å². The second kappa shape index (κ2) is 4.16. The Morgan fingerprint density at radius 2 is 1.22 bits per heavy atom. The van der Waals surface area contributed by atoms with Crippen LogP contribution in [0.1, 0.15) is 37.8 Å². The standard InChI is InChI=1S/C17H19N/c1-3-17(4-2)13-9-5-7-11-15(13)18-16-12-8-6-10-14(16)17/h5-12,18H,3-4H2,1-2H3. The van der Waals surface area contributed by atoms with Crippen molar-refractivity contribution < 1.29 is 0 Å². The van der Waals surface area contributed by atoms with Gasteiger partial charge < -0.3 is 5.32 Å². The van der Waals surface area contributed by atoms with Gasteiger partial charge >= 0.3 is 0 Å². The van der Waals surface area contributed by atoms with E-state index >= 15 is 0 Å². The molecule has 0 unspecified atom stereocenters. The molecule has 92 valence electrons. The molecule has 2 aromatic rings. The summed E-state index contributed by atoms with van der Waals surface area (Å²) in [6.07, 6.45) is 2.28. The van der Waals surface area contributed by atoms with Crippen molar-refractivity contribution in [1.29, 1.82) is 0 Å². The predicted molar refractivity (Wildman–Crippen MR) is 77.5 cm³/mol. The molecule has 1 aliphatic heterocycles. The number of para-hydroxylation sites is 2. The molecule has 0 aliphatic carbocycles. The van der Waals surface area contributed by atoms with Crippen molar-refractivity contribution >= 4 is 11.4 Å². The van der Waals surface area contributed by atoms with Gasteiger partial charge in [-0.05, 0) is 36.1 Å². The zero-order valence-corrected chi connectivity index (χ0v) is 11.0. The Bertz CT molecular complexity index is 520. The maximum Gasteiger partial charge on any atom is 0.0426 e. The normalized spacial score (nSPS) is 15.4. The predicted octanol–water partition coefficient (Wildman–Crippen LogP) is 4.85. The maximum absolute atomic E-state index is 3.56. The number of nitrogens with one attached hydrogen (secondary N) is 1. The first-order valence-corrected chi connectivity index (χ1v) is 6.78. The highest BCUT2D eigenvalue weighted by Gasteiger charge is 2.37. The minimum absolute atomic E-state index is 0.165. The lowest BCUT2D eigenvalue weighted by Crippen LogP contribution is -2.31. The van der Waals surface area contributed by atoms with E-state index in [9.17, 15) is 0 Å². The Kier molecular flexibility index (Phi) is 2.62. The third-order valence-corrected chi connectivity index (χ3v) is 4.36. The summed E-state index contributed by atoms with van der Waals surface area (Å²) < 4.78 is 0. The first-order chi connectivity index (χ1) is 8.81. The van der Waals surface area contributed by atoms with Crippen molar-refractivity contribution in [2.75, 3.05) is 5.32 Å². The van der Waals surface area contributed by atoms with Crippen LogP contribution in [0.2, 0.25) is 0 Å². The van der Waals surface area contributed by atoms with Crippen LogP contribution in [-0.2, 0) is 5.41 Å². The van der Waals surface area contributed by atoms with Gasteiger partial charge in [-0.25, -0.2) is 0 Å². The van der Waals surface area contributed by atoms with E-state index < -0.39 is 0 Å². The van der Waals surface area contributed by atoms with E-state index in [1.54, 1.807) is 0 Å². The highest BCUT2D eigenvalue weighted by molar-refractivity contribution is 5.75. The van der Waals surface area contributed by atoms with E-state index in [-0.39, 0.29) is 5.41 Å². The molecule has 0 fully saturated rings. The van der Waals surface area contributed by atoms with Crippen LogP contribution in [0.3, 0.4) is 0 Å². The molecule has 18 heavy (non-hydrogen) atoms. The summed E-state index contributed by atoms with van der Waals surface area (Å²) in [5, 5.41) is 3.56. The molecule has 0 amide bonds. The minimum atomic E-state index is 0.165. The van der Waals surface area contributed by atoms with Crippen molar-refractivity contribution in [2.24, 2.45) is 0 Å². The Morgan fingerprint density at radius 1 is 0.778 bits per heavy atom. The van der Waals surface area contributed by atoms with Crippen molar-refractivity contribution in [3.05, 3.63) is 59.7 Å². The second-order valence-corrected chi connectivity index (χ2v) is 5.01. The largest absolute Gasteiger partial charge is 0.355 e. The van der Waals surface area contributed by atoms with Crippen molar-refractivity contribution in [3.8, 4) is 0 Å². The molecule has 0 saturated heterocycles. The summed E-state index contributed by atoms with van der Waals surface area (Å²) in [4.78, 5) is 0. The number of hydrogen-bond donors (Lipinski definition) is 1. The molecule has 1 aliphatic rings. The van der Waals surface area contributed by atoms with Crippen LogP contribution in [0.25, 0.3) is 0 Å². The molecule has 0 saturated carbocycles. The van der Waals surface area contributed by atoms with E-state index in [4.69, 9.17) is 0 Å². The van der Waals surface area contributed by atoms with E-state index in [0.717, 1.165) is 12.8 Å². The van der Waals surface area contributed by atoms with Gasteiger partial charge in [0.1, 0.15) is 0 Å². The Labute approximate surface area is 109 Å². The molecular weight excluding hydrogens is 218 g/mol. The summed E-state index contributed by atoms with van der Waals surface area (Å²) in [5.74, 6) is 0. The molecule has 1 N–H and O–H groups in total. The summed E-state index contributed by atoms with van der Waals surface area (Å²) in [6, 6.07) is 17.4. The second-order valence-electron chi connectivity index (χ2n) is 5.01. The molecular formula is C17H19N. The first kappa shape index (κ1) is 11.3. The number of benzene rings is 2. The fourth-order valence-corrected chi connectivity index (χ4v) is 3.32. The first-order valence-electron chi connectivity index (χ1n) is 6.78. The maximum atomic E-state index is 3.56. The van der Waals surface area contributed by atoms with Gasteiger partial charge in [-0.15, -0.1) is 0 Å². The molecule has 1 heterocycles. The fourth-order valence-electron chi connectivity index (χ4n) is 3.32. The lowest BCUT2D eigenvalue weighted by molar-refractivity contribution is 0.477. The van der Waals surface area contributed by atoms with E-state index in [2.05, 4.69) is 67.7 Å². The van der Waals surface area contributed by atoms with Gasteiger partial charge in [0.05, 0.1) is 0 Å². The molecule has 1 nitrogen and oxygen atoms in total. The molecule has 0 bridgehead atoms. The zero-order chi connectivity index (χ0) is 12.6. The molecule has 0 aromatic heterocycles. The highest BCUT2D eigenvalue weighted by atomic mass is 14.9. The lowest BCUT2D eigenvalue weighted by atomic mass is 9.68. The fraction of sp³-hybridized carbons (Fsp3) is 0.294. The van der Waals surface area contributed by atoms with Gasteiger partial charge in [0.2, 0.25) is 0 Å². The number of hydrogen-bond acceptors (Lipinski definition) is 1. The van der Waals surface area contributed by atoms with E-state index in [1.807, 2.05) is 0 Å². The smallest absolute Gasteiger partial charge is 0.0426 e. The average Bonchev–Trinajstić information content (AvgIpc) is 2.45. The van der Waals surface area contributed by atoms with Crippen LogP contribution >= 0.6 is 0 Å². The van der Waals surface area contributed by atoms with Crippen LogP contribution in [0, 0.1) is 0 Å². The van der Waals surface area contributed by atoms with Gasteiger partial charge in [-0.3, -0.25) is 0 Å². The van der Waals surface area contributed by atoms with Gasteiger partial charge in [-0.2, -0.15) is 0 Å². The molecule has 0 atom stereocenters. The molecule has 0 radical (unpaired) electrons. The Balaban J connectivity index is 2.30. The SMILES string of the molecule is CCC1(CC)c2ccccc2Nc2ccccc21. The summed E-state index contributed by atoms with van der Waals surface area (Å²) >= 11 is 0. The number of rotatable bonds is 2. The number of fused-ring (bicyclic) bond motifs is 2. The van der Waals surface area contributed by atoms with Gasteiger partial charge in [0.25, 0.3) is 0 Å². The van der Waals surface area contributed by atoms with Gasteiger partial charge in [-0.1, -0.05) is 50.2 Å². The Morgan fingerprint density at radius 3 is 1.67 bits per heavy atom. The Hall–Kier alpha value is -1.76.